The van der Waals surface area contributed by atoms with Crippen molar-refractivity contribution in [2.75, 3.05) is 0 Å². The Labute approximate surface area is 186 Å². The summed E-state index contributed by atoms with van der Waals surface area (Å²) >= 11 is 7.60. The van der Waals surface area contributed by atoms with E-state index in [1.54, 1.807) is 0 Å². The number of halogens is 2. The lowest BCUT2D eigenvalue weighted by Gasteiger charge is -2.20. The van der Waals surface area contributed by atoms with E-state index >= 15 is 0 Å². The standard InChI is InChI=1S/C26H28Br2/c1-25(2,3)19-11-7-17(8-12-19)21-15-24(28)22(16-23(21)27)18-9-13-20(14-10-18)26(4,5)6/h7-16H,1-6H3. The first-order valence-corrected chi connectivity index (χ1v) is 11.3. The third-order valence-electron chi connectivity index (χ3n) is 5.18. The smallest absolute Gasteiger partial charge is 0.0260 e. The third-order valence-corrected chi connectivity index (χ3v) is 6.49. The Kier molecular flexibility index (Phi) is 5.94. The van der Waals surface area contributed by atoms with E-state index in [0.717, 1.165) is 8.95 Å². The lowest BCUT2D eigenvalue weighted by molar-refractivity contribution is 0.590. The van der Waals surface area contributed by atoms with E-state index in [1.807, 2.05) is 0 Å². The summed E-state index contributed by atoms with van der Waals surface area (Å²) in [6.07, 6.45) is 0. The zero-order valence-corrected chi connectivity index (χ0v) is 20.7. The molecule has 0 spiro atoms. The second kappa shape index (κ2) is 7.80. The van der Waals surface area contributed by atoms with E-state index in [9.17, 15) is 0 Å². The van der Waals surface area contributed by atoms with Crippen molar-refractivity contribution < 1.29 is 0 Å². The van der Waals surface area contributed by atoms with Gasteiger partial charge in [-0.1, -0.05) is 122 Å². The fourth-order valence-corrected chi connectivity index (χ4v) is 4.43. The molecule has 0 aliphatic heterocycles. The van der Waals surface area contributed by atoms with E-state index in [0.29, 0.717) is 0 Å². The van der Waals surface area contributed by atoms with Crippen LogP contribution in [0.2, 0.25) is 0 Å². The summed E-state index contributed by atoms with van der Waals surface area (Å²) in [6.45, 7) is 13.5. The maximum Gasteiger partial charge on any atom is 0.0260 e. The van der Waals surface area contributed by atoms with Crippen molar-refractivity contribution in [3.8, 4) is 22.3 Å². The van der Waals surface area contributed by atoms with Crippen LogP contribution in [0.4, 0.5) is 0 Å². The van der Waals surface area contributed by atoms with Crippen LogP contribution in [-0.4, -0.2) is 0 Å². The van der Waals surface area contributed by atoms with E-state index in [4.69, 9.17) is 0 Å². The van der Waals surface area contributed by atoms with Crippen molar-refractivity contribution in [2.24, 2.45) is 0 Å². The molecule has 0 atom stereocenters. The third kappa shape index (κ3) is 4.60. The van der Waals surface area contributed by atoms with Crippen molar-refractivity contribution in [1.29, 1.82) is 0 Å². The highest BCUT2D eigenvalue weighted by atomic mass is 79.9. The van der Waals surface area contributed by atoms with Crippen molar-refractivity contribution in [3.05, 3.63) is 80.7 Å². The van der Waals surface area contributed by atoms with Gasteiger partial charge in [-0.05, 0) is 56.3 Å². The molecule has 0 heterocycles. The Morgan fingerprint density at radius 2 is 0.786 bits per heavy atom. The number of rotatable bonds is 2. The Bertz CT molecular complexity index is 884. The molecule has 0 aliphatic carbocycles. The van der Waals surface area contributed by atoms with Crippen molar-refractivity contribution >= 4 is 31.9 Å². The summed E-state index contributed by atoms with van der Waals surface area (Å²) in [7, 11) is 0. The zero-order valence-electron chi connectivity index (χ0n) is 17.5. The lowest BCUT2D eigenvalue weighted by atomic mass is 9.86. The second-order valence-corrected chi connectivity index (χ2v) is 11.2. The quantitative estimate of drug-likeness (QED) is 0.329. The molecule has 2 heteroatoms. The topological polar surface area (TPSA) is 0 Å². The highest BCUT2D eigenvalue weighted by Gasteiger charge is 2.16. The van der Waals surface area contributed by atoms with E-state index in [2.05, 4.69) is 134 Å². The number of hydrogen-bond donors (Lipinski definition) is 0. The van der Waals surface area contributed by atoms with Gasteiger partial charge in [0.1, 0.15) is 0 Å². The molecule has 0 aromatic heterocycles. The highest BCUT2D eigenvalue weighted by Crippen LogP contribution is 2.39. The van der Waals surface area contributed by atoms with Crippen molar-refractivity contribution in [3.63, 3.8) is 0 Å². The molecule has 3 aromatic rings. The fourth-order valence-electron chi connectivity index (χ4n) is 3.29. The van der Waals surface area contributed by atoms with Crippen LogP contribution in [0.3, 0.4) is 0 Å². The second-order valence-electron chi connectivity index (χ2n) is 9.47. The summed E-state index contributed by atoms with van der Waals surface area (Å²) < 4.78 is 2.21. The van der Waals surface area contributed by atoms with Gasteiger partial charge in [0.15, 0.2) is 0 Å². The van der Waals surface area contributed by atoms with Gasteiger partial charge >= 0.3 is 0 Å². The molecule has 0 saturated carbocycles. The molecule has 0 nitrogen and oxygen atoms in total. The summed E-state index contributed by atoms with van der Waals surface area (Å²) in [5, 5.41) is 0. The predicted molar refractivity (Wildman–Crippen MR) is 130 cm³/mol. The first kappa shape index (κ1) is 21.3. The molecule has 28 heavy (non-hydrogen) atoms. The minimum Gasteiger partial charge on any atom is -0.0579 e. The van der Waals surface area contributed by atoms with E-state index in [1.165, 1.54) is 33.4 Å². The van der Waals surface area contributed by atoms with Crippen LogP contribution in [-0.2, 0) is 10.8 Å². The molecular weight excluding hydrogens is 472 g/mol. The largest absolute Gasteiger partial charge is 0.0579 e. The van der Waals surface area contributed by atoms with Gasteiger partial charge in [-0.2, -0.15) is 0 Å². The fraction of sp³-hybridized carbons (Fsp3) is 0.308. The minimum absolute atomic E-state index is 0.166. The molecule has 0 radical (unpaired) electrons. The molecule has 0 fully saturated rings. The average molecular weight is 500 g/mol. The van der Waals surface area contributed by atoms with Gasteiger partial charge in [-0.3, -0.25) is 0 Å². The summed E-state index contributed by atoms with van der Waals surface area (Å²) in [6, 6.07) is 22.2. The van der Waals surface area contributed by atoms with E-state index < -0.39 is 0 Å². The van der Waals surface area contributed by atoms with Crippen LogP contribution in [0.25, 0.3) is 22.3 Å². The lowest BCUT2D eigenvalue weighted by Crippen LogP contribution is -2.10. The Morgan fingerprint density at radius 1 is 0.500 bits per heavy atom. The summed E-state index contributed by atoms with van der Waals surface area (Å²) in [5.74, 6) is 0. The Hall–Kier alpha value is -1.38. The van der Waals surface area contributed by atoms with Crippen LogP contribution in [0, 0.1) is 0 Å². The highest BCUT2D eigenvalue weighted by molar-refractivity contribution is 9.11. The van der Waals surface area contributed by atoms with Crippen LogP contribution < -0.4 is 0 Å². The molecule has 3 aromatic carbocycles. The predicted octanol–water partition coefficient (Wildman–Crippen LogP) is 9.14. The molecular formula is C26H28Br2. The molecule has 0 unspecified atom stereocenters. The average Bonchev–Trinajstić information content (AvgIpc) is 2.62. The maximum atomic E-state index is 3.80. The van der Waals surface area contributed by atoms with Gasteiger partial charge in [-0.25, -0.2) is 0 Å². The maximum absolute atomic E-state index is 3.80. The zero-order chi connectivity index (χ0) is 20.7. The Balaban J connectivity index is 1.97. The molecule has 0 N–H and O–H groups in total. The number of benzene rings is 3. The molecule has 0 saturated heterocycles. The van der Waals surface area contributed by atoms with Crippen LogP contribution in [0.1, 0.15) is 52.7 Å². The first-order valence-electron chi connectivity index (χ1n) is 9.68. The van der Waals surface area contributed by atoms with Crippen LogP contribution in [0.15, 0.2) is 69.6 Å². The van der Waals surface area contributed by atoms with Gasteiger partial charge in [0, 0.05) is 8.95 Å². The monoisotopic (exact) mass is 498 g/mol. The van der Waals surface area contributed by atoms with Crippen LogP contribution >= 0.6 is 31.9 Å². The molecule has 146 valence electrons. The van der Waals surface area contributed by atoms with Crippen molar-refractivity contribution in [1.82, 2.24) is 0 Å². The normalized spacial score (nSPS) is 12.3. The van der Waals surface area contributed by atoms with Gasteiger partial charge in [-0.15, -0.1) is 0 Å². The first-order chi connectivity index (χ1) is 13.0. The van der Waals surface area contributed by atoms with Crippen LogP contribution in [0.5, 0.6) is 0 Å². The van der Waals surface area contributed by atoms with Gasteiger partial charge in [0.2, 0.25) is 0 Å². The Morgan fingerprint density at radius 3 is 1.04 bits per heavy atom. The molecule has 0 amide bonds. The van der Waals surface area contributed by atoms with Crippen molar-refractivity contribution in [2.45, 2.75) is 52.4 Å². The molecule has 0 bridgehead atoms. The minimum atomic E-state index is 0.166. The summed E-state index contributed by atoms with van der Waals surface area (Å²) in [4.78, 5) is 0. The molecule has 0 aliphatic rings. The molecule has 3 rings (SSSR count). The van der Waals surface area contributed by atoms with E-state index in [-0.39, 0.29) is 10.8 Å². The number of hydrogen-bond acceptors (Lipinski definition) is 0. The summed E-state index contributed by atoms with van der Waals surface area (Å²) in [5.41, 5.74) is 7.86. The van der Waals surface area contributed by atoms with Gasteiger partial charge in [0.25, 0.3) is 0 Å². The SMILES string of the molecule is CC(C)(C)c1ccc(-c2cc(Br)c(-c3ccc(C(C)(C)C)cc3)cc2Br)cc1. The van der Waals surface area contributed by atoms with Gasteiger partial charge < -0.3 is 0 Å². The van der Waals surface area contributed by atoms with Gasteiger partial charge in [0.05, 0.1) is 0 Å².